The predicted molar refractivity (Wildman–Crippen MR) is 84.7 cm³/mol. The van der Waals surface area contributed by atoms with Gasteiger partial charge in [0.05, 0.1) is 0 Å². The van der Waals surface area contributed by atoms with Crippen molar-refractivity contribution in [3.05, 3.63) is 0 Å². The van der Waals surface area contributed by atoms with Crippen LogP contribution in [0.15, 0.2) is 0 Å². The van der Waals surface area contributed by atoms with E-state index in [4.69, 9.17) is 0 Å². The molecule has 0 heterocycles. The van der Waals surface area contributed by atoms with E-state index in [1.807, 2.05) is 0 Å². The topological polar surface area (TPSA) is 0 Å². The van der Waals surface area contributed by atoms with Gasteiger partial charge < -0.3 is 0 Å². The first-order chi connectivity index (χ1) is 8.27. The predicted octanol–water partition coefficient (Wildman–Crippen LogP) is 6.26. The summed E-state index contributed by atoms with van der Waals surface area (Å²) in [5.41, 5.74) is 0. The minimum absolute atomic E-state index is 0.806. The van der Waals surface area contributed by atoms with Crippen LogP contribution >= 0.6 is 0 Å². The van der Waals surface area contributed by atoms with Crippen LogP contribution in [0.5, 0.6) is 0 Å². The van der Waals surface area contributed by atoms with Crippen LogP contribution in [0, 0.1) is 41.4 Å². The van der Waals surface area contributed by atoms with Crippen molar-refractivity contribution in [2.24, 2.45) is 41.4 Å². The van der Waals surface area contributed by atoms with Gasteiger partial charge in [-0.15, -0.1) is 0 Å². The van der Waals surface area contributed by atoms with Crippen LogP contribution in [0.3, 0.4) is 0 Å². The van der Waals surface area contributed by atoms with Crippen LogP contribution < -0.4 is 0 Å². The molecule has 0 radical (unpaired) electrons. The first kappa shape index (κ1) is 18.0. The summed E-state index contributed by atoms with van der Waals surface area (Å²) in [5.74, 6) is 5.92. The molecule has 6 atom stereocenters. The summed E-state index contributed by atoms with van der Waals surface area (Å²) in [6.45, 7) is 21.8. The van der Waals surface area contributed by atoms with E-state index in [1.54, 1.807) is 0 Å². The van der Waals surface area contributed by atoms with Gasteiger partial charge in [0.15, 0.2) is 0 Å². The Morgan fingerprint density at radius 3 is 1.33 bits per heavy atom. The monoisotopic (exact) mass is 254 g/mol. The van der Waals surface area contributed by atoms with Gasteiger partial charge in [-0.2, -0.15) is 0 Å². The molecule has 0 N–H and O–H groups in total. The zero-order chi connectivity index (χ0) is 14.5. The maximum absolute atomic E-state index is 2.49. The van der Waals surface area contributed by atoms with E-state index in [9.17, 15) is 0 Å². The quantitative estimate of drug-likeness (QED) is 0.479. The van der Waals surface area contributed by atoms with E-state index in [-0.39, 0.29) is 0 Å². The lowest BCUT2D eigenvalue weighted by molar-refractivity contribution is 0.105. The molecule has 0 aliphatic rings. The second-order valence-electron chi connectivity index (χ2n) is 7.14. The van der Waals surface area contributed by atoms with Gasteiger partial charge in [-0.3, -0.25) is 0 Å². The van der Waals surface area contributed by atoms with Gasteiger partial charge in [0, 0.05) is 0 Å². The summed E-state index contributed by atoms with van der Waals surface area (Å²) in [5, 5.41) is 0. The van der Waals surface area contributed by atoms with Crippen LogP contribution in [0.2, 0.25) is 0 Å². The molecule has 0 aliphatic heterocycles. The average Bonchev–Trinajstić information content (AvgIpc) is 2.35. The van der Waals surface area contributed by atoms with E-state index < -0.39 is 0 Å². The molecule has 0 spiro atoms. The zero-order valence-corrected chi connectivity index (χ0v) is 14.5. The summed E-state index contributed by atoms with van der Waals surface area (Å²) in [6, 6.07) is 0. The van der Waals surface area contributed by atoms with Crippen LogP contribution in [-0.2, 0) is 0 Å². The fraction of sp³-hybridized carbons (Fsp3) is 1.00. The summed E-state index contributed by atoms with van der Waals surface area (Å²) in [6.07, 6.45) is 2.65. The zero-order valence-electron chi connectivity index (χ0n) is 14.5. The van der Waals surface area contributed by atoms with Crippen LogP contribution in [0.1, 0.15) is 75.2 Å². The summed E-state index contributed by atoms with van der Waals surface area (Å²) in [7, 11) is 0. The van der Waals surface area contributed by atoms with Crippen molar-refractivity contribution in [2.45, 2.75) is 75.2 Å². The third kappa shape index (κ3) is 4.59. The molecule has 18 heavy (non-hydrogen) atoms. The molecule has 0 saturated carbocycles. The molecule has 0 aromatic rings. The molecule has 0 aromatic heterocycles. The smallest absolute Gasteiger partial charge is 0.0360 e. The Labute approximate surface area is 117 Å². The third-order valence-corrected chi connectivity index (χ3v) is 6.07. The molecule has 0 nitrogen and oxygen atoms in total. The maximum Gasteiger partial charge on any atom is -0.0360 e. The number of hydrogen-bond donors (Lipinski definition) is 0. The average molecular weight is 255 g/mol. The van der Waals surface area contributed by atoms with Crippen molar-refractivity contribution in [3.63, 3.8) is 0 Å². The number of hydrogen-bond acceptors (Lipinski definition) is 0. The molecule has 110 valence electrons. The molecular weight excluding hydrogens is 216 g/mol. The van der Waals surface area contributed by atoms with Crippen LogP contribution in [0.4, 0.5) is 0 Å². The van der Waals surface area contributed by atoms with E-state index >= 15 is 0 Å². The first-order valence-corrected chi connectivity index (χ1v) is 8.27. The minimum Gasteiger partial charge on any atom is -0.0651 e. The molecule has 0 aromatic carbocycles. The Bertz CT molecular complexity index is 206. The Hall–Kier alpha value is 0. The van der Waals surface area contributed by atoms with Gasteiger partial charge in [0.1, 0.15) is 0 Å². The summed E-state index contributed by atoms with van der Waals surface area (Å²) in [4.78, 5) is 0. The van der Waals surface area contributed by atoms with Gasteiger partial charge in [0.2, 0.25) is 0 Å². The molecule has 0 aliphatic carbocycles. The van der Waals surface area contributed by atoms with Gasteiger partial charge >= 0.3 is 0 Å². The van der Waals surface area contributed by atoms with E-state index in [0.717, 1.165) is 41.4 Å². The highest BCUT2D eigenvalue weighted by atomic mass is 14.4. The third-order valence-electron chi connectivity index (χ3n) is 6.07. The van der Waals surface area contributed by atoms with E-state index in [2.05, 4.69) is 62.3 Å². The lowest BCUT2D eigenvalue weighted by atomic mass is 9.67. The largest absolute Gasteiger partial charge is 0.0651 e. The van der Waals surface area contributed by atoms with Gasteiger partial charge in [-0.1, -0.05) is 75.2 Å². The highest BCUT2D eigenvalue weighted by Crippen LogP contribution is 2.38. The molecule has 0 heteroatoms. The lowest BCUT2D eigenvalue weighted by Crippen LogP contribution is -2.31. The lowest BCUT2D eigenvalue weighted by Gasteiger charge is -2.38. The highest BCUT2D eigenvalue weighted by molar-refractivity contribution is 4.80. The van der Waals surface area contributed by atoms with Crippen molar-refractivity contribution in [1.29, 1.82) is 0 Å². The van der Waals surface area contributed by atoms with Crippen LogP contribution in [0.25, 0.3) is 0 Å². The molecule has 0 rings (SSSR count). The van der Waals surface area contributed by atoms with Gasteiger partial charge in [-0.05, 0) is 41.4 Å². The highest BCUT2D eigenvalue weighted by Gasteiger charge is 2.31. The van der Waals surface area contributed by atoms with Crippen molar-refractivity contribution in [2.75, 3.05) is 0 Å². The SMILES string of the molecule is CCC(C)C(C)C(C)C(CC)C(C)C(C)C(C)C. The molecule has 6 unspecified atom stereocenters. The van der Waals surface area contributed by atoms with Crippen molar-refractivity contribution in [1.82, 2.24) is 0 Å². The van der Waals surface area contributed by atoms with E-state index in [1.165, 1.54) is 12.8 Å². The van der Waals surface area contributed by atoms with Crippen molar-refractivity contribution >= 4 is 0 Å². The molecule has 0 amide bonds. The Morgan fingerprint density at radius 2 is 1.00 bits per heavy atom. The van der Waals surface area contributed by atoms with E-state index in [0.29, 0.717) is 0 Å². The normalized spacial score (nSPS) is 22.3. The molecule has 0 bridgehead atoms. The van der Waals surface area contributed by atoms with Crippen molar-refractivity contribution in [3.8, 4) is 0 Å². The fourth-order valence-electron chi connectivity index (χ4n) is 3.50. The maximum atomic E-state index is 2.49. The second-order valence-corrected chi connectivity index (χ2v) is 7.14. The Balaban J connectivity index is 4.75. The Kier molecular flexibility index (Phi) is 8.23. The molecule has 0 fully saturated rings. The second kappa shape index (κ2) is 8.23. The summed E-state index contributed by atoms with van der Waals surface area (Å²) >= 11 is 0. The minimum atomic E-state index is 0.806. The van der Waals surface area contributed by atoms with Crippen molar-refractivity contribution < 1.29 is 0 Å². The standard InChI is InChI=1S/C18H38/c1-10-13(5)15(7)17(9)18(11-2)16(8)14(6)12(3)4/h12-18H,10-11H2,1-9H3. The summed E-state index contributed by atoms with van der Waals surface area (Å²) < 4.78 is 0. The number of rotatable bonds is 8. The first-order valence-electron chi connectivity index (χ1n) is 8.27. The van der Waals surface area contributed by atoms with Gasteiger partial charge in [0.25, 0.3) is 0 Å². The van der Waals surface area contributed by atoms with Crippen LogP contribution in [-0.4, -0.2) is 0 Å². The fourth-order valence-corrected chi connectivity index (χ4v) is 3.50. The molecular formula is C18H38. The molecule has 0 saturated heterocycles. The van der Waals surface area contributed by atoms with Gasteiger partial charge in [-0.25, -0.2) is 0 Å². The Morgan fingerprint density at radius 1 is 0.556 bits per heavy atom.